The van der Waals surface area contributed by atoms with Gasteiger partial charge in [-0.15, -0.1) is 0 Å². The summed E-state index contributed by atoms with van der Waals surface area (Å²) in [4.78, 5) is 21.8. The van der Waals surface area contributed by atoms with Crippen molar-refractivity contribution in [2.75, 3.05) is 0 Å². The molecule has 9 heteroatoms. The van der Waals surface area contributed by atoms with E-state index in [1.54, 1.807) is 24.8 Å². The SMILES string of the molecule is c1ccc(-c2nccc3[nH]c(-c4n[nH]c5ccc(-c6cn[nH]c6)nc45)nc23)nc1. The molecule has 0 radical (unpaired) electrons. The first-order chi connectivity index (χ1) is 14.4. The van der Waals surface area contributed by atoms with Gasteiger partial charge in [-0.25, -0.2) is 9.97 Å². The molecule has 0 bridgehead atoms. The molecule has 3 N–H and O–H groups in total. The maximum Gasteiger partial charge on any atom is 0.161 e. The van der Waals surface area contributed by atoms with Crippen LogP contribution >= 0.6 is 0 Å². The predicted molar refractivity (Wildman–Crippen MR) is 108 cm³/mol. The number of nitrogens with zero attached hydrogens (tertiary/aromatic N) is 6. The number of rotatable bonds is 3. The average molecular weight is 379 g/mol. The molecule has 6 rings (SSSR count). The van der Waals surface area contributed by atoms with Gasteiger partial charge < -0.3 is 4.98 Å². The molecule has 0 saturated heterocycles. The van der Waals surface area contributed by atoms with Crippen molar-refractivity contribution in [3.8, 4) is 34.2 Å². The van der Waals surface area contributed by atoms with Crippen LogP contribution in [0.5, 0.6) is 0 Å². The van der Waals surface area contributed by atoms with Crippen LogP contribution in [0.1, 0.15) is 0 Å². The molecule has 0 aromatic carbocycles. The summed E-state index contributed by atoms with van der Waals surface area (Å²) in [5, 5.41) is 14.3. The summed E-state index contributed by atoms with van der Waals surface area (Å²) in [5.74, 6) is 0.619. The van der Waals surface area contributed by atoms with Crippen LogP contribution in [0.25, 0.3) is 56.2 Å². The van der Waals surface area contributed by atoms with E-state index < -0.39 is 0 Å². The Hall–Kier alpha value is -4.40. The van der Waals surface area contributed by atoms with Crippen LogP contribution in [-0.4, -0.2) is 45.3 Å². The minimum absolute atomic E-state index is 0.619. The Morgan fingerprint density at radius 2 is 1.72 bits per heavy atom. The van der Waals surface area contributed by atoms with Gasteiger partial charge in [-0.2, -0.15) is 10.2 Å². The van der Waals surface area contributed by atoms with Gasteiger partial charge in [0.15, 0.2) is 11.5 Å². The lowest BCUT2D eigenvalue weighted by Gasteiger charge is -1.99. The molecular weight excluding hydrogens is 366 g/mol. The van der Waals surface area contributed by atoms with E-state index in [1.807, 2.05) is 36.4 Å². The van der Waals surface area contributed by atoms with E-state index in [4.69, 9.17) is 9.97 Å². The summed E-state index contributed by atoms with van der Waals surface area (Å²) < 4.78 is 0. The third-order valence-electron chi connectivity index (χ3n) is 4.73. The number of nitrogens with one attached hydrogen (secondary N) is 3. The summed E-state index contributed by atoms with van der Waals surface area (Å²) >= 11 is 0. The standard InChI is InChI=1S/C20H13N9/c1-2-7-21-13(3-1)16-17-14(6-8-22-16)26-20(27-17)19-18-15(28-29-19)5-4-12(25-18)11-9-23-24-10-11/h1-10H,(H,23,24)(H,26,27)(H,28,29). The third kappa shape index (κ3) is 2.48. The van der Waals surface area contributed by atoms with Crippen LogP contribution in [0, 0.1) is 0 Å². The molecule has 0 amide bonds. The average Bonchev–Trinajstić information content (AvgIpc) is 3.52. The zero-order chi connectivity index (χ0) is 19.2. The first-order valence-electron chi connectivity index (χ1n) is 8.97. The van der Waals surface area contributed by atoms with Crippen molar-refractivity contribution in [1.29, 1.82) is 0 Å². The van der Waals surface area contributed by atoms with E-state index in [1.165, 1.54) is 0 Å². The lowest BCUT2D eigenvalue weighted by atomic mass is 10.2. The molecule has 0 aliphatic heterocycles. The zero-order valence-electron chi connectivity index (χ0n) is 15.0. The third-order valence-corrected chi connectivity index (χ3v) is 4.73. The van der Waals surface area contributed by atoms with Crippen molar-refractivity contribution in [3.63, 3.8) is 0 Å². The molecule has 0 saturated carbocycles. The predicted octanol–water partition coefficient (Wildman–Crippen LogP) is 3.35. The van der Waals surface area contributed by atoms with Gasteiger partial charge in [-0.05, 0) is 30.3 Å². The molecule has 138 valence electrons. The number of imidazole rings is 1. The summed E-state index contributed by atoms with van der Waals surface area (Å²) in [7, 11) is 0. The number of H-pyrrole nitrogens is 3. The van der Waals surface area contributed by atoms with Gasteiger partial charge in [0, 0.05) is 24.2 Å². The Bertz CT molecular complexity index is 1450. The quantitative estimate of drug-likeness (QED) is 0.433. The van der Waals surface area contributed by atoms with E-state index in [-0.39, 0.29) is 0 Å². The first kappa shape index (κ1) is 15.6. The van der Waals surface area contributed by atoms with E-state index in [0.29, 0.717) is 11.5 Å². The highest BCUT2D eigenvalue weighted by Gasteiger charge is 2.17. The number of aromatic nitrogens is 9. The van der Waals surface area contributed by atoms with Gasteiger partial charge in [0.05, 0.1) is 28.6 Å². The van der Waals surface area contributed by atoms with Crippen molar-refractivity contribution < 1.29 is 0 Å². The maximum absolute atomic E-state index is 4.77. The van der Waals surface area contributed by atoms with Crippen LogP contribution in [0.15, 0.2) is 61.2 Å². The summed E-state index contributed by atoms with van der Waals surface area (Å²) in [6.45, 7) is 0. The molecule has 0 spiro atoms. The molecular formula is C20H13N9. The fraction of sp³-hybridized carbons (Fsp3) is 0. The van der Waals surface area contributed by atoms with E-state index >= 15 is 0 Å². The molecule has 0 unspecified atom stereocenters. The van der Waals surface area contributed by atoms with Gasteiger partial charge >= 0.3 is 0 Å². The second-order valence-corrected chi connectivity index (χ2v) is 6.51. The normalized spacial score (nSPS) is 11.4. The summed E-state index contributed by atoms with van der Waals surface area (Å²) in [5.41, 5.74) is 7.01. The highest BCUT2D eigenvalue weighted by molar-refractivity contribution is 5.94. The second kappa shape index (κ2) is 6.06. The number of aromatic amines is 3. The van der Waals surface area contributed by atoms with E-state index in [9.17, 15) is 0 Å². The fourth-order valence-corrected chi connectivity index (χ4v) is 3.35. The Morgan fingerprint density at radius 3 is 2.59 bits per heavy atom. The lowest BCUT2D eigenvalue weighted by Crippen LogP contribution is -1.88. The molecule has 0 aliphatic rings. The molecule has 0 aliphatic carbocycles. The number of fused-ring (bicyclic) bond motifs is 2. The van der Waals surface area contributed by atoms with Gasteiger partial charge in [0.1, 0.15) is 16.7 Å². The van der Waals surface area contributed by atoms with Gasteiger partial charge in [-0.1, -0.05) is 6.07 Å². The first-order valence-corrected chi connectivity index (χ1v) is 8.97. The second-order valence-electron chi connectivity index (χ2n) is 6.51. The van der Waals surface area contributed by atoms with Crippen molar-refractivity contribution in [2.24, 2.45) is 0 Å². The van der Waals surface area contributed by atoms with Gasteiger partial charge in [-0.3, -0.25) is 20.2 Å². The van der Waals surface area contributed by atoms with Gasteiger partial charge in [0.25, 0.3) is 0 Å². The summed E-state index contributed by atoms with van der Waals surface area (Å²) in [6, 6.07) is 11.5. The molecule has 0 fully saturated rings. The molecule has 9 nitrogen and oxygen atoms in total. The van der Waals surface area contributed by atoms with E-state index in [2.05, 4.69) is 35.3 Å². The van der Waals surface area contributed by atoms with Crippen LogP contribution in [-0.2, 0) is 0 Å². The smallest absolute Gasteiger partial charge is 0.161 e. The molecule has 6 heterocycles. The maximum atomic E-state index is 4.77. The molecule has 29 heavy (non-hydrogen) atoms. The van der Waals surface area contributed by atoms with Crippen LogP contribution < -0.4 is 0 Å². The Morgan fingerprint density at radius 1 is 0.759 bits per heavy atom. The van der Waals surface area contributed by atoms with Crippen molar-refractivity contribution in [1.82, 2.24) is 45.3 Å². The van der Waals surface area contributed by atoms with Crippen molar-refractivity contribution in [2.45, 2.75) is 0 Å². The monoisotopic (exact) mass is 379 g/mol. The minimum Gasteiger partial charge on any atom is -0.336 e. The Labute approximate surface area is 163 Å². The van der Waals surface area contributed by atoms with Crippen molar-refractivity contribution in [3.05, 3.63) is 61.2 Å². The van der Waals surface area contributed by atoms with Crippen molar-refractivity contribution >= 4 is 22.1 Å². The number of hydrogen-bond donors (Lipinski definition) is 3. The minimum atomic E-state index is 0.619. The highest BCUT2D eigenvalue weighted by Crippen LogP contribution is 2.29. The van der Waals surface area contributed by atoms with Gasteiger partial charge in [0.2, 0.25) is 0 Å². The Kier molecular flexibility index (Phi) is 3.27. The molecule has 0 atom stereocenters. The largest absolute Gasteiger partial charge is 0.336 e. The zero-order valence-corrected chi connectivity index (χ0v) is 15.0. The van der Waals surface area contributed by atoms with Crippen LogP contribution in [0.4, 0.5) is 0 Å². The molecule has 6 aromatic rings. The van der Waals surface area contributed by atoms with Crippen LogP contribution in [0.3, 0.4) is 0 Å². The Balaban J connectivity index is 1.54. The van der Waals surface area contributed by atoms with Crippen LogP contribution in [0.2, 0.25) is 0 Å². The number of hydrogen-bond acceptors (Lipinski definition) is 6. The van der Waals surface area contributed by atoms with E-state index in [0.717, 1.165) is 44.7 Å². The summed E-state index contributed by atoms with van der Waals surface area (Å²) in [6.07, 6.45) is 7.03. The topological polar surface area (TPSA) is 125 Å². The molecule has 6 aromatic heterocycles. The lowest BCUT2D eigenvalue weighted by molar-refractivity contribution is 1.09. The highest BCUT2D eigenvalue weighted by atomic mass is 15.2. The number of pyridine rings is 3. The fourth-order valence-electron chi connectivity index (χ4n) is 3.35.